The number of nitriles is 1. The summed E-state index contributed by atoms with van der Waals surface area (Å²) in [5, 5.41) is 11.7. The maximum absolute atomic E-state index is 13.6. The molecule has 2 rings (SSSR count). The van der Waals surface area contributed by atoms with Crippen LogP contribution in [0.1, 0.15) is 17.5 Å². The van der Waals surface area contributed by atoms with E-state index in [1.54, 1.807) is 6.07 Å². The molecule has 0 bridgehead atoms. The minimum atomic E-state index is -1.06. The monoisotopic (exact) mass is 220 g/mol. The van der Waals surface area contributed by atoms with Crippen LogP contribution < -0.4 is 5.32 Å². The van der Waals surface area contributed by atoms with Crippen molar-refractivity contribution in [2.45, 2.75) is 6.42 Å². The molecular weight excluding hydrogens is 210 g/mol. The maximum Gasteiger partial charge on any atom is 0.177 e. The molecule has 0 saturated heterocycles. The first kappa shape index (κ1) is 10.8. The number of hydrogen-bond donors (Lipinski definition) is 1. The summed E-state index contributed by atoms with van der Waals surface area (Å²) in [5.74, 6) is -1.98. The Morgan fingerprint density at radius 3 is 2.69 bits per heavy atom. The molecule has 0 saturated carbocycles. The van der Waals surface area contributed by atoms with Gasteiger partial charge in [0, 0.05) is 12.1 Å². The molecule has 0 spiro atoms. The van der Waals surface area contributed by atoms with Gasteiger partial charge in [-0.05, 0) is 24.6 Å². The van der Waals surface area contributed by atoms with E-state index in [1.165, 1.54) is 12.1 Å². The smallest absolute Gasteiger partial charge is 0.177 e. The van der Waals surface area contributed by atoms with Crippen LogP contribution in [-0.4, -0.2) is 13.1 Å². The second-order valence-corrected chi connectivity index (χ2v) is 3.58. The summed E-state index contributed by atoms with van der Waals surface area (Å²) in [6.07, 6.45) is 2.51. The van der Waals surface area contributed by atoms with E-state index < -0.39 is 11.6 Å². The van der Waals surface area contributed by atoms with Crippen LogP contribution >= 0.6 is 0 Å². The van der Waals surface area contributed by atoms with Crippen LogP contribution in [-0.2, 0) is 0 Å². The van der Waals surface area contributed by atoms with E-state index in [2.05, 4.69) is 5.32 Å². The molecular formula is C12H10F2N2. The van der Waals surface area contributed by atoms with E-state index in [0.29, 0.717) is 13.0 Å². The number of hydrogen-bond acceptors (Lipinski definition) is 2. The Bertz CT molecular complexity index is 487. The predicted octanol–water partition coefficient (Wildman–Crippen LogP) is 2.21. The molecule has 1 N–H and O–H groups in total. The highest BCUT2D eigenvalue weighted by Gasteiger charge is 2.16. The number of rotatable bonds is 1. The third-order valence-electron chi connectivity index (χ3n) is 2.61. The van der Waals surface area contributed by atoms with Gasteiger partial charge in [0.1, 0.15) is 6.07 Å². The first-order valence-corrected chi connectivity index (χ1v) is 5.02. The van der Waals surface area contributed by atoms with E-state index in [1.807, 2.05) is 6.08 Å². The van der Waals surface area contributed by atoms with Gasteiger partial charge in [-0.2, -0.15) is 5.26 Å². The molecule has 1 aliphatic heterocycles. The van der Waals surface area contributed by atoms with Crippen LogP contribution in [0.25, 0.3) is 5.57 Å². The van der Waals surface area contributed by atoms with Gasteiger partial charge in [-0.25, -0.2) is 8.78 Å². The lowest BCUT2D eigenvalue weighted by molar-refractivity contribution is 0.503. The normalized spacial score (nSPS) is 15.4. The van der Waals surface area contributed by atoms with Crippen molar-refractivity contribution < 1.29 is 8.78 Å². The van der Waals surface area contributed by atoms with Crippen LogP contribution in [0, 0.1) is 23.0 Å². The standard InChI is InChI=1S/C12H10F2N2/c13-11-9(7-15)1-2-10(12(11)14)8-3-5-16-6-4-8/h1-3,16H,4-6H2. The van der Waals surface area contributed by atoms with E-state index in [0.717, 1.165) is 12.1 Å². The Morgan fingerprint density at radius 1 is 1.25 bits per heavy atom. The number of nitrogens with zero attached hydrogens (tertiary/aromatic N) is 1. The van der Waals surface area contributed by atoms with Gasteiger partial charge in [0.2, 0.25) is 0 Å². The summed E-state index contributed by atoms with van der Waals surface area (Å²) < 4.78 is 27.0. The zero-order valence-electron chi connectivity index (χ0n) is 8.56. The van der Waals surface area contributed by atoms with Crippen molar-refractivity contribution in [1.82, 2.24) is 5.32 Å². The molecule has 0 radical (unpaired) electrons. The van der Waals surface area contributed by atoms with E-state index in [9.17, 15) is 8.78 Å². The highest BCUT2D eigenvalue weighted by atomic mass is 19.2. The summed E-state index contributed by atoms with van der Waals surface area (Å²) in [6.45, 7) is 1.42. The second kappa shape index (κ2) is 4.42. The lowest BCUT2D eigenvalue weighted by Crippen LogP contribution is -2.20. The average Bonchev–Trinajstić information content (AvgIpc) is 2.34. The van der Waals surface area contributed by atoms with Gasteiger partial charge in [-0.15, -0.1) is 0 Å². The van der Waals surface area contributed by atoms with Crippen molar-refractivity contribution in [3.63, 3.8) is 0 Å². The van der Waals surface area contributed by atoms with E-state index in [-0.39, 0.29) is 11.1 Å². The fraction of sp³-hybridized carbons (Fsp3) is 0.250. The largest absolute Gasteiger partial charge is 0.313 e. The van der Waals surface area contributed by atoms with Crippen LogP contribution in [0.4, 0.5) is 8.78 Å². The van der Waals surface area contributed by atoms with Crippen molar-refractivity contribution in [3.8, 4) is 6.07 Å². The molecule has 0 atom stereocenters. The van der Waals surface area contributed by atoms with Gasteiger partial charge >= 0.3 is 0 Å². The van der Waals surface area contributed by atoms with Crippen molar-refractivity contribution in [1.29, 1.82) is 5.26 Å². The minimum Gasteiger partial charge on any atom is -0.313 e. The number of benzene rings is 1. The van der Waals surface area contributed by atoms with Crippen molar-refractivity contribution >= 4 is 5.57 Å². The molecule has 1 heterocycles. The quantitative estimate of drug-likeness (QED) is 0.787. The minimum absolute atomic E-state index is 0.254. The zero-order valence-corrected chi connectivity index (χ0v) is 8.56. The summed E-state index contributed by atoms with van der Waals surface area (Å²) in [4.78, 5) is 0. The second-order valence-electron chi connectivity index (χ2n) is 3.58. The fourth-order valence-electron chi connectivity index (χ4n) is 1.75. The molecule has 0 fully saturated rings. The van der Waals surface area contributed by atoms with E-state index >= 15 is 0 Å². The summed E-state index contributed by atoms with van der Waals surface area (Å²) in [6, 6.07) is 4.40. The summed E-state index contributed by atoms with van der Waals surface area (Å²) >= 11 is 0. The molecule has 1 aliphatic rings. The topological polar surface area (TPSA) is 35.8 Å². The lowest BCUT2D eigenvalue weighted by Gasteiger charge is -2.15. The fourth-order valence-corrected chi connectivity index (χ4v) is 1.75. The van der Waals surface area contributed by atoms with Crippen LogP contribution in [0.2, 0.25) is 0 Å². The predicted molar refractivity (Wildman–Crippen MR) is 56.5 cm³/mol. The molecule has 1 aromatic rings. The van der Waals surface area contributed by atoms with Gasteiger partial charge in [-0.1, -0.05) is 12.1 Å². The summed E-state index contributed by atoms with van der Waals surface area (Å²) in [7, 11) is 0. The molecule has 0 unspecified atom stereocenters. The SMILES string of the molecule is N#Cc1ccc(C2=CCNCC2)c(F)c1F. The Balaban J connectivity index is 2.47. The van der Waals surface area contributed by atoms with Gasteiger partial charge < -0.3 is 5.32 Å². The third kappa shape index (κ3) is 1.82. The van der Waals surface area contributed by atoms with Crippen molar-refractivity contribution in [3.05, 3.63) is 41.0 Å². The molecule has 0 amide bonds. The maximum atomic E-state index is 13.6. The van der Waals surface area contributed by atoms with Crippen LogP contribution in [0.15, 0.2) is 18.2 Å². The highest BCUT2D eigenvalue weighted by molar-refractivity contribution is 5.67. The zero-order chi connectivity index (χ0) is 11.5. The molecule has 82 valence electrons. The molecule has 2 nitrogen and oxygen atoms in total. The summed E-state index contributed by atoms with van der Waals surface area (Å²) in [5.41, 5.74) is 0.799. The van der Waals surface area contributed by atoms with Gasteiger partial charge in [0.15, 0.2) is 11.6 Å². The lowest BCUT2D eigenvalue weighted by atomic mass is 9.98. The van der Waals surface area contributed by atoms with Crippen LogP contribution in [0.5, 0.6) is 0 Å². The van der Waals surface area contributed by atoms with Crippen molar-refractivity contribution in [2.24, 2.45) is 0 Å². The Hall–Kier alpha value is -1.73. The van der Waals surface area contributed by atoms with E-state index in [4.69, 9.17) is 5.26 Å². The first-order valence-electron chi connectivity index (χ1n) is 5.02. The van der Waals surface area contributed by atoms with Gasteiger partial charge in [0.25, 0.3) is 0 Å². The van der Waals surface area contributed by atoms with Crippen LogP contribution in [0.3, 0.4) is 0 Å². The molecule has 1 aromatic carbocycles. The third-order valence-corrected chi connectivity index (χ3v) is 2.61. The molecule has 4 heteroatoms. The molecule has 0 aliphatic carbocycles. The Morgan fingerprint density at radius 2 is 2.06 bits per heavy atom. The van der Waals surface area contributed by atoms with Gasteiger partial charge in [0.05, 0.1) is 5.56 Å². The van der Waals surface area contributed by atoms with Crippen molar-refractivity contribution in [2.75, 3.05) is 13.1 Å². The molecule has 16 heavy (non-hydrogen) atoms. The number of halogens is 2. The first-order chi connectivity index (χ1) is 7.74. The highest BCUT2D eigenvalue weighted by Crippen LogP contribution is 2.25. The Labute approximate surface area is 92.2 Å². The van der Waals surface area contributed by atoms with Gasteiger partial charge in [-0.3, -0.25) is 0 Å². The number of nitrogens with one attached hydrogen (secondary N) is 1. The Kier molecular flexibility index (Phi) is 2.97. The molecule has 0 aromatic heterocycles. The average molecular weight is 220 g/mol.